The minimum absolute atomic E-state index is 0.575. The van der Waals surface area contributed by atoms with Crippen LogP contribution in [0.3, 0.4) is 0 Å². The number of ether oxygens (including phenoxy) is 1. The second-order valence-corrected chi connectivity index (χ2v) is 3.17. The average molecular weight is 207 g/mol. The Morgan fingerprint density at radius 3 is 2.36 bits per heavy atom. The zero-order chi connectivity index (χ0) is 10.9. The minimum Gasteiger partial charge on any atom is -0.479 e. The first kappa shape index (κ1) is 11.3. The van der Waals surface area contributed by atoms with Gasteiger partial charge in [-0.05, 0) is 0 Å². The van der Waals surface area contributed by atoms with Crippen molar-refractivity contribution in [3.63, 3.8) is 0 Å². The highest BCUT2D eigenvalue weighted by Crippen LogP contribution is 2.19. The summed E-state index contributed by atoms with van der Waals surface area (Å²) in [6, 6.07) is -1.20. The molecule has 0 aliphatic carbocycles. The smallest absolute Gasteiger partial charge is 0.334 e. The lowest BCUT2D eigenvalue weighted by atomic mass is 9.93. The molecule has 7 nitrogen and oxygen atoms in total. The molecule has 0 unspecified atom stereocenters. The van der Waals surface area contributed by atoms with Crippen LogP contribution in [0.2, 0.25) is 0 Å². The first-order valence-corrected chi connectivity index (χ1v) is 4.10. The van der Waals surface area contributed by atoms with Gasteiger partial charge in [-0.3, -0.25) is 0 Å². The van der Waals surface area contributed by atoms with Crippen molar-refractivity contribution in [2.45, 2.75) is 30.5 Å². The quantitative estimate of drug-likeness (QED) is 0.323. The number of carbonyl (C=O) groups is 1. The summed E-state index contributed by atoms with van der Waals surface area (Å²) in [4.78, 5) is 10.6. The van der Waals surface area contributed by atoms with Crippen LogP contribution < -0.4 is 5.73 Å². The highest BCUT2D eigenvalue weighted by atomic mass is 16.5. The van der Waals surface area contributed by atoms with Gasteiger partial charge in [-0.1, -0.05) is 0 Å². The number of carboxylic acids is 1. The molecule has 1 fully saturated rings. The number of aliphatic hydroxyl groups is 3. The Morgan fingerprint density at radius 1 is 1.36 bits per heavy atom. The van der Waals surface area contributed by atoms with Crippen molar-refractivity contribution in [3.05, 3.63) is 0 Å². The Bertz CT molecular complexity index is 220. The van der Waals surface area contributed by atoms with Crippen molar-refractivity contribution >= 4 is 5.97 Å². The fourth-order valence-electron chi connectivity index (χ4n) is 1.36. The van der Waals surface area contributed by atoms with Gasteiger partial charge >= 0.3 is 5.97 Å². The van der Waals surface area contributed by atoms with E-state index < -0.39 is 43.0 Å². The fourth-order valence-corrected chi connectivity index (χ4v) is 1.36. The van der Waals surface area contributed by atoms with Crippen molar-refractivity contribution in [2.75, 3.05) is 6.61 Å². The molecule has 14 heavy (non-hydrogen) atoms. The predicted octanol–water partition coefficient (Wildman–Crippen LogP) is -3.12. The molecule has 6 N–H and O–H groups in total. The fraction of sp³-hybridized carbons (Fsp3) is 0.857. The summed E-state index contributed by atoms with van der Waals surface area (Å²) >= 11 is 0. The molecular weight excluding hydrogens is 194 g/mol. The van der Waals surface area contributed by atoms with E-state index in [9.17, 15) is 15.0 Å². The van der Waals surface area contributed by atoms with Crippen molar-refractivity contribution < 1.29 is 30.0 Å². The average Bonchev–Trinajstić information content (AvgIpc) is 2.14. The second kappa shape index (κ2) is 4.20. The maximum Gasteiger partial charge on any atom is 0.334 e. The lowest BCUT2D eigenvalue weighted by Gasteiger charge is -2.38. The number of carboxylic acid groups (broad SMARTS) is 1. The number of rotatable bonds is 2. The third-order valence-corrected chi connectivity index (χ3v) is 2.22. The Labute approximate surface area is 79.7 Å². The first-order valence-electron chi connectivity index (χ1n) is 4.10. The Hall–Kier alpha value is -0.730. The van der Waals surface area contributed by atoms with Gasteiger partial charge in [-0.25, -0.2) is 4.79 Å². The number of hydrogen-bond donors (Lipinski definition) is 5. The van der Waals surface area contributed by atoms with Crippen LogP contribution in [0, 0.1) is 0 Å². The van der Waals surface area contributed by atoms with E-state index in [0.717, 1.165) is 0 Å². The molecule has 0 amide bonds. The summed E-state index contributed by atoms with van der Waals surface area (Å²) in [5, 5.41) is 36.0. The molecule has 0 aromatic rings. The van der Waals surface area contributed by atoms with Crippen molar-refractivity contribution in [2.24, 2.45) is 5.73 Å². The normalized spacial score (nSPS) is 43.6. The van der Waals surface area contributed by atoms with Gasteiger partial charge in [-0.15, -0.1) is 0 Å². The zero-order valence-electron chi connectivity index (χ0n) is 7.28. The molecule has 1 aliphatic rings. The van der Waals surface area contributed by atoms with E-state index in [2.05, 4.69) is 0 Å². The van der Waals surface area contributed by atoms with E-state index in [1.807, 2.05) is 0 Å². The molecule has 82 valence electrons. The predicted molar refractivity (Wildman–Crippen MR) is 43.4 cm³/mol. The topological polar surface area (TPSA) is 133 Å². The van der Waals surface area contributed by atoms with Gasteiger partial charge in [0.2, 0.25) is 0 Å². The van der Waals surface area contributed by atoms with Crippen molar-refractivity contribution in [1.82, 2.24) is 0 Å². The van der Waals surface area contributed by atoms with Gasteiger partial charge in [0.05, 0.1) is 12.6 Å². The van der Waals surface area contributed by atoms with E-state index in [1.54, 1.807) is 0 Å². The number of nitrogens with two attached hydrogens (primary N) is 1. The summed E-state index contributed by atoms with van der Waals surface area (Å²) in [5.74, 6) is -1.33. The molecule has 0 saturated carbocycles. The van der Waals surface area contributed by atoms with Crippen molar-refractivity contribution in [1.29, 1.82) is 0 Å². The molecule has 1 heterocycles. The Balaban J connectivity index is 2.78. The van der Waals surface area contributed by atoms with Crippen LogP contribution in [-0.4, -0.2) is 63.5 Å². The van der Waals surface area contributed by atoms with Gasteiger partial charge in [0.1, 0.15) is 18.3 Å². The summed E-state index contributed by atoms with van der Waals surface area (Å²) in [6.07, 6.45) is -5.32. The summed E-state index contributed by atoms with van der Waals surface area (Å²) in [6.45, 7) is -0.575. The van der Waals surface area contributed by atoms with E-state index in [-0.39, 0.29) is 0 Å². The van der Waals surface area contributed by atoms with E-state index in [1.165, 1.54) is 0 Å². The minimum atomic E-state index is -1.41. The molecule has 0 bridgehead atoms. The van der Waals surface area contributed by atoms with E-state index in [0.29, 0.717) is 0 Å². The van der Waals surface area contributed by atoms with E-state index >= 15 is 0 Å². The van der Waals surface area contributed by atoms with Crippen LogP contribution >= 0.6 is 0 Å². The number of aliphatic hydroxyl groups excluding tert-OH is 3. The standard InChI is InChI=1S/C7H13NO6/c8-3-5(11)4(10)2(1-9)14-6(3)7(12)13/h2-6,9-11H,1,8H2,(H,12,13)/t2-,3-,4-,5-,6-/m1/s1. The number of aliphatic carboxylic acids is 1. The molecule has 0 spiro atoms. The molecule has 5 atom stereocenters. The lowest BCUT2D eigenvalue weighted by molar-refractivity contribution is -0.202. The van der Waals surface area contributed by atoms with Gasteiger partial charge in [-0.2, -0.15) is 0 Å². The molecule has 0 radical (unpaired) electrons. The summed E-state index contributed by atoms with van der Waals surface area (Å²) in [7, 11) is 0. The first-order chi connectivity index (χ1) is 6.49. The molecule has 0 aromatic heterocycles. The van der Waals surface area contributed by atoms with Gasteiger partial charge in [0.15, 0.2) is 6.10 Å². The third kappa shape index (κ3) is 1.86. The monoisotopic (exact) mass is 207 g/mol. The van der Waals surface area contributed by atoms with Gasteiger partial charge < -0.3 is 30.9 Å². The van der Waals surface area contributed by atoms with Gasteiger partial charge in [0.25, 0.3) is 0 Å². The maximum absolute atomic E-state index is 10.6. The van der Waals surface area contributed by atoms with Crippen LogP contribution in [0.5, 0.6) is 0 Å². The Morgan fingerprint density at radius 2 is 1.93 bits per heavy atom. The second-order valence-electron chi connectivity index (χ2n) is 3.17. The van der Waals surface area contributed by atoms with Crippen LogP contribution in [0.4, 0.5) is 0 Å². The SMILES string of the molecule is N[C@@H]1[C@@H](O)[C@H](O)[C@@H](CO)O[C@H]1C(=O)O. The molecule has 0 aromatic carbocycles. The zero-order valence-corrected chi connectivity index (χ0v) is 7.28. The van der Waals surface area contributed by atoms with Crippen LogP contribution in [0.1, 0.15) is 0 Å². The van der Waals surface area contributed by atoms with Crippen LogP contribution in [0.15, 0.2) is 0 Å². The van der Waals surface area contributed by atoms with Crippen molar-refractivity contribution in [3.8, 4) is 0 Å². The summed E-state index contributed by atoms with van der Waals surface area (Å²) in [5.41, 5.74) is 5.33. The third-order valence-electron chi connectivity index (χ3n) is 2.22. The van der Waals surface area contributed by atoms with Crippen LogP contribution in [0.25, 0.3) is 0 Å². The molecular formula is C7H13NO6. The number of hydrogen-bond acceptors (Lipinski definition) is 6. The van der Waals surface area contributed by atoms with E-state index in [4.69, 9.17) is 20.7 Å². The highest BCUT2D eigenvalue weighted by Gasteiger charge is 2.45. The summed E-state index contributed by atoms with van der Waals surface area (Å²) < 4.78 is 4.81. The molecule has 1 aliphatic heterocycles. The largest absolute Gasteiger partial charge is 0.479 e. The molecule has 1 rings (SSSR count). The molecule has 1 saturated heterocycles. The maximum atomic E-state index is 10.6. The van der Waals surface area contributed by atoms with Gasteiger partial charge in [0, 0.05) is 0 Å². The highest BCUT2D eigenvalue weighted by molar-refractivity contribution is 5.73. The lowest BCUT2D eigenvalue weighted by Crippen LogP contribution is -2.63. The Kier molecular flexibility index (Phi) is 3.40. The van der Waals surface area contributed by atoms with Crippen LogP contribution in [-0.2, 0) is 9.53 Å². The molecule has 7 heteroatoms.